The summed E-state index contributed by atoms with van der Waals surface area (Å²) in [5.41, 5.74) is 0.699. The summed E-state index contributed by atoms with van der Waals surface area (Å²) in [6.45, 7) is 4.00. The summed E-state index contributed by atoms with van der Waals surface area (Å²) in [6.07, 6.45) is 0. The number of hydrogen-bond acceptors (Lipinski definition) is 4. The molecule has 0 aliphatic heterocycles. The number of rotatable bonds is 3. The largest absolute Gasteiger partial charge is 0.505 e. The number of amides is 1. The van der Waals surface area contributed by atoms with E-state index in [1.165, 1.54) is 17.4 Å². The lowest BCUT2D eigenvalue weighted by Crippen LogP contribution is -2.13. The fraction of sp³-hybridized carbons (Fsp3) is 0.231. The van der Waals surface area contributed by atoms with E-state index >= 15 is 0 Å². The van der Waals surface area contributed by atoms with Crippen LogP contribution < -0.4 is 5.32 Å². The van der Waals surface area contributed by atoms with E-state index in [1.54, 1.807) is 0 Å². The van der Waals surface area contributed by atoms with Crippen LogP contribution in [0.3, 0.4) is 0 Å². The van der Waals surface area contributed by atoms with E-state index in [4.69, 9.17) is 34.8 Å². The summed E-state index contributed by atoms with van der Waals surface area (Å²) in [5.74, 6) is -0.778. The summed E-state index contributed by atoms with van der Waals surface area (Å²) >= 11 is 18.9. The van der Waals surface area contributed by atoms with Crippen molar-refractivity contribution in [2.45, 2.75) is 19.8 Å². The molecular formula is C13H11Cl3N2O2S. The van der Waals surface area contributed by atoms with Gasteiger partial charge in [-0.05, 0) is 12.0 Å². The molecule has 1 aromatic heterocycles. The van der Waals surface area contributed by atoms with Gasteiger partial charge in [0.15, 0.2) is 5.13 Å². The van der Waals surface area contributed by atoms with Gasteiger partial charge in [0.2, 0.25) is 0 Å². The van der Waals surface area contributed by atoms with E-state index < -0.39 is 11.7 Å². The van der Waals surface area contributed by atoms with Crippen molar-refractivity contribution in [3.8, 4) is 5.75 Å². The van der Waals surface area contributed by atoms with Crippen molar-refractivity contribution in [1.29, 1.82) is 0 Å². The molecule has 0 radical (unpaired) electrons. The van der Waals surface area contributed by atoms with Crippen molar-refractivity contribution in [2.75, 3.05) is 5.32 Å². The topological polar surface area (TPSA) is 62.2 Å². The Morgan fingerprint density at radius 1 is 1.33 bits per heavy atom. The van der Waals surface area contributed by atoms with Crippen molar-refractivity contribution in [1.82, 2.24) is 4.98 Å². The molecule has 2 rings (SSSR count). The third-order valence-electron chi connectivity index (χ3n) is 2.71. The Morgan fingerprint density at radius 2 is 2.00 bits per heavy atom. The Balaban J connectivity index is 2.32. The minimum Gasteiger partial charge on any atom is -0.505 e. The Hall–Kier alpha value is -1.01. The number of benzene rings is 1. The number of carbonyl (C=O) groups excluding carboxylic acids is 1. The monoisotopic (exact) mass is 364 g/mol. The van der Waals surface area contributed by atoms with Crippen LogP contribution in [-0.4, -0.2) is 16.0 Å². The van der Waals surface area contributed by atoms with E-state index in [1.807, 2.05) is 19.2 Å². The van der Waals surface area contributed by atoms with Crippen LogP contribution in [0.1, 0.15) is 35.8 Å². The smallest absolute Gasteiger partial charge is 0.262 e. The number of hydrogen-bond donors (Lipinski definition) is 2. The van der Waals surface area contributed by atoms with Crippen LogP contribution in [0.2, 0.25) is 15.1 Å². The molecule has 0 atom stereocenters. The van der Waals surface area contributed by atoms with Gasteiger partial charge < -0.3 is 5.11 Å². The quantitative estimate of drug-likeness (QED) is 0.736. The molecule has 0 saturated heterocycles. The highest BCUT2D eigenvalue weighted by atomic mass is 35.5. The Kier molecular flexibility index (Phi) is 4.99. The van der Waals surface area contributed by atoms with Crippen LogP contribution in [0.4, 0.5) is 5.13 Å². The normalized spacial score (nSPS) is 11.0. The first-order valence-electron chi connectivity index (χ1n) is 5.94. The highest BCUT2D eigenvalue weighted by molar-refractivity contribution is 7.14. The molecular weight excluding hydrogens is 355 g/mol. The van der Waals surface area contributed by atoms with Gasteiger partial charge in [0.1, 0.15) is 11.3 Å². The standard InChI is InChI=1S/C13H11Cl3N2O2S/c1-5(2)8-4-21-13(17-8)18-12(20)9-10(16)6(14)3-7(15)11(9)19/h3-5,19H,1-2H3,(H,17,18,20). The first kappa shape index (κ1) is 16.4. The molecule has 21 heavy (non-hydrogen) atoms. The van der Waals surface area contributed by atoms with Gasteiger partial charge in [0, 0.05) is 5.38 Å². The maximum atomic E-state index is 12.2. The van der Waals surface area contributed by atoms with E-state index in [2.05, 4.69) is 10.3 Å². The lowest BCUT2D eigenvalue weighted by atomic mass is 10.2. The highest BCUT2D eigenvalue weighted by Gasteiger charge is 2.22. The molecule has 0 saturated carbocycles. The average molecular weight is 366 g/mol. The molecule has 2 aromatic rings. The molecule has 8 heteroatoms. The molecule has 1 heterocycles. The maximum absolute atomic E-state index is 12.2. The van der Waals surface area contributed by atoms with Crippen LogP contribution in [-0.2, 0) is 0 Å². The predicted molar refractivity (Wildman–Crippen MR) is 87.3 cm³/mol. The number of aromatic hydroxyl groups is 1. The number of aromatic nitrogens is 1. The number of anilines is 1. The summed E-state index contributed by atoms with van der Waals surface area (Å²) < 4.78 is 0. The number of nitrogens with one attached hydrogen (secondary N) is 1. The molecule has 0 spiro atoms. The zero-order valence-electron chi connectivity index (χ0n) is 11.1. The van der Waals surface area contributed by atoms with Crippen molar-refractivity contribution in [2.24, 2.45) is 0 Å². The molecule has 112 valence electrons. The Bertz CT molecular complexity index is 675. The zero-order valence-corrected chi connectivity index (χ0v) is 14.2. The first-order valence-corrected chi connectivity index (χ1v) is 7.95. The number of phenols is 1. The first-order chi connectivity index (χ1) is 9.81. The van der Waals surface area contributed by atoms with Crippen molar-refractivity contribution >= 4 is 57.2 Å². The van der Waals surface area contributed by atoms with Gasteiger partial charge in [-0.25, -0.2) is 4.98 Å². The van der Waals surface area contributed by atoms with Gasteiger partial charge in [-0.15, -0.1) is 11.3 Å². The Labute approximate surface area is 140 Å². The fourth-order valence-corrected chi connectivity index (χ4v) is 3.12. The number of carbonyl (C=O) groups is 1. The number of halogens is 3. The molecule has 0 unspecified atom stereocenters. The lowest BCUT2D eigenvalue weighted by Gasteiger charge is -2.09. The maximum Gasteiger partial charge on any atom is 0.262 e. The molecule has 4 nitrogen and oxygen atoms in total. The molecule has 1 amide bonds. The minimum absolute atomic E-state index is 0.0449. The van der Waals surface area contributed by atoms with Crippen molar-refractivity contribution in [3.05, 3.63) is 37.8 Å². The lowest BCUT2D eigenvalue weighted by molar-refractivity contribution is 0.102. The SMILES string of the molecule is CC(C)c1csc(NC(=O)c2c(O)c(Cl)cc(Cl)c2Cl)n1. The van der Waals surface area contributed by atoms with Crippen LogP contribution in [0, 0.1) is 0 Å². The third-order valence-corrected chi connectivity index (χ3v) is 4.56. The summed E-state index contributed by atoms with van der Waals surface area (Å²) in [4.78, 5) is 16.5. The highest BCUT2D eigenvalue weighted by Crippen LogP contribution is 2.38. The number of phenolic OH excluding ortho intramolecular Hbond substituents is 1. The van der Waals surface area contributed by atoms with Gasteiger partial charge in [0.05, 0.1) is 20.8 Å². The van der Waals surface area contributed by atoms with Crippen molar-refractivity contribution < 1.29 is 9.90 Å². The minimum atomic E-state index is -0.619. The second-order valence-corrected chi connectivity index (χ2v) is 6.61. The van der Waals surface area contributed by atoms with Gasteiger partial charge in [-0.3, -0.25) is 10.1 Å². The Morgan fingerprint density at radius 3 is 2.57 bits per heavy atom. The van der Waals surface area contributed by atoms with Crippen LogP contribution in [0.15, 0.2) is 11.4 Å². The van der Waals surface area contributed by atoms with Crippen molar-refractivity contribution in [3.63, 3.8) is 0 Å². The second kappa shape index (κ2) is 6.40. The van der Waals surface area contributed by atoms with E-state index in [0.717, 1.165) is 5.69 Å². The summed E-state index contributed by atoms with van der Waals surface area (Å²) in [5, 5.41) is 14.7. The zero-order chi connectivity index (χ0) is 15.7. The van der Waals surface area contributed by atoms with Gasteiger partial charge in [-0.1, -0.05) is 48.7 Å². The van der Waals surface area contributed by atoms with E-state index in [9.17, 15) is 9.90 Å². The molecule has 2 N–H and O–H groups in total. The number of nitrogens with zero attached hydrogens (tertiary/aromatic N) is 1. The second-order valence-electron chi connectivity index (χ2n) is 4.56. The van der Waals surface area contributed by atoms with Crippen LogP contribution >= 0.6 is 46.1 Å². The predicted octanol–water partition coefficient (Wildman–Crippen LogP) is 5.18. The summed E-state index contributed by atoms with van der Waals surface area (Å²) in [6, 6.07) is 1.28. The molecule has 0 fully saturated rings. The molecule has 0 aliphatic carbocycles. The third kappa shape index (κ3) is 3.43. The van der Waals surface area contributed by atoms with E-state index in [-0.39, 0.29) is 26.5 Å². The van der Waals surface area contributed by atoms with Crippen LogP contribution in [0.25, 0.3) is 0 Å². The molecule has 0 aliphatic rings. The fourth-order valence-electron chi connectivity index (χ4n) is 1.56. The molecule has 1 aromatic carbocycles. The van der Waals surface area contributed by atoms with Gasteiger partial charge in [0.25, 0.3) is 5.91 Å². The average Bonchev–Trinajstić information content (AvgIpc) is 2.85. The van der Waals surface area contributed by atoms with Gasteiger partial charge in [-0.2, -0.15) is 0 Å². The summed E-state index contributed by atoms with van der Waals surface area (Å²) in [7, 11) is 0. The van der Waals surface area contributed by atoms with Gasteiger partial charge >= 0.3 is 0 Å². The van der Waals surface area contributed by atoms with E-state index in [0.29, 0.717) is 5.13 Å². The molecule has 0 bridgehead atoms. The van der Waals surface area contributed by atoms with Crippen LogP contribution in [0.5, 0.6) is 5.75 Å². The number of thiazole rings is 1.